The normalized spacial score (nSPS) is 10.5. The van der Waals surface area contributed by atoms with Crippen molar-refractivity contribution >= 4 is 5.91 Å². The number of oxazole rings is 1. The standard InChI is InChI=1S/C21H22N2O3/c1-15-8-10-17(11-9-15)21-23-19(16(2)26-21)12-13-22-20(24)14-25-18-6-4-3-5-7-18/h3-11H,12-14H2,1-2H3,(H,22,24). The van der Waals surface area contributed by atoms with Crippen LogP contribution in [0.3, 0.4) is 0 Å². The van der Waals surface area contributed by atoms with Crippen molar-refractivity contribution in [3.63, 3.8) is 0 Å². The molecule has 3 aromatic rings. The molecule has 0 saturated carbocycles. The summed E-state index contributed by atoms with van der Waals surface area (Å²) < 4.78 is 11.2. The van der Waals surface area contributed by atoms with E-state index >= 15 is 0 Å². The number of rotatable bonds is 7. The lowest BCUT2D eigenvalue weighted by atomic mass is 10.1. The number of nitrogens with one attached hydrogen (secondary N) is 1. The van der Waals surface area contributed by atoms with Crippen LogP contribution in [-0.2, 0) is 11.2 Å². The van der Waals surface area contributed by atoms with Gasteiger partial charge >= 0.3 is 0 Å². The Bertz CT molecular complexity index is 855. The Balaban J connectivity index is 1.49. The second-order valence-electron chi connectivity index (χ2n) is 6.09. The van der Waals surface area contributed by atoms with Crippen LogP contribution in [0.25, 0.3) is 11.5 Å². The number of hydrogen-bond donors (Lipinski definition) is 1. The van der Waals surface area contributed by atoms with E-state index in [1.165, 1.54) is 5.56 Å². The van der Waals surface area contributed by atoms with Gasteiger partial charge in [-0.2, -0.15) is 0 Å². The van der Waals surface area contributed by atoms with Gasteiger partial charge in [0.25, 0.3) is 5.91 Å². The quantitative estimate of drug-likeness (QED) is 0.706. The predicted molar refractivity (Wildman–Crippen MR) is 100 cm³/mol. The molecule has 134 valence electrons. The number of benzene rings is 2. The third kappa shape index (κ3) is 4.72. The van der Waals surface area contributed by atoms with E-state index in [2.05, 4.69) is 10.3 Å². The van der Waals surface area contributed by atoms with Crippen molar-refractivity contribution in [2.24, 2.45) is 0 Å². The zero-order valence-corrected chi connectivity index (χ0v) is 15.0. The molecule has 0 radical (unpaired) electrons. The maximum atomic E-state index is 11.9. The van der Waals surface area contributed by atoms with Gasteiger partial charge in [0.1, 0.15) is 11.5 Å². The molecule has 0 unspecified atom stereocenters. The summed E-state index contributed by atoms with van der Waals surface area (Å²) in [5, 5.41) is 2.84. The lowest BCUT2D eigenvalue weighted by Crippen LogP contribution is -2.30. The van der Waals surface area contributed by atoms with Gasteiger partial charge in [-0.15, -0.1) is 0 Å². The molecule has 1 heterocycles. The highest BCUT2D eigenvalue weighted by Crippen LogP contribution is 2.22. The first kappa shape index (κ1) is 17.7. The van der Waals surface area contributed by atoms with Gasteiger partial charge in [-0.05, 0) is 38.1 Å². The third-order valence-electron chi connectivity index (χ3n) is 3.99. The van der Waals surface area contributed by atoms with Gasteiger partial charge in [-0.25, -0.2) is 4.98 Å². The molecule has 0 aliphatic heterocycles. The van der Waals surface area contributed by atoms with Crippen LogP contribution in [-0.4, -0.2) is 24.0 Å². The average Bonchev–Trinajstić information content (AvgIpc) is 3.02. The topological polar surface area (TPSA) is 64.4 Å². The molecule has 1 aromatic heterocycles. The molecule has 1 amide bonds. The summed E-state index contributed by atoms with van der Waals surface area (Å²) in [4.78, 5) is 16.4. The lowest BCUT2D eigenvalue weighted by molar-refractivity contribution is -0.123. The van der Waals surface area contributed by atoms with E-state index in [1.54, 1.807) is 0 Å². The zero-order valence-electron chi connectivity index (χ0n) is 15.0. The summed E-state index contributed by atoms with van der Waals surface area (Å²) in [5.74, 6) is 1.90. The number of para-hydroxylation sites is 1. The highest BCUT2D eigenvalue weighted by Gasteiger charge is 2.11. The number of nitrogens with zero attached hydrogens (tertiary/aromatic N) is 1. The molecular formula is C21H22N2O3. The molecule has 5 nitrogen and oxygen atoms in total. The summed E-state index contributed by atoms with van der Waals surface area (Å²) in [7, 11) is 0. The molecule has 0 atom stereocenters. The second-order valence-corrected chi connectivity index (χ2v) is 6.09. The number of aromatic nitrogens is 1. The fourth-order valence-electron chi connectivity index (χ4n) is 2.52. The van der Waals surface area contributed by atoms with E-state index in [-0.39, 0.29) is 12.5 Å². The Morgan fingerprint density at radius 2 is 1.81 bits per heavy atom. The Kier molecular flexibility index (Phi) is 5.69. The van der Waals surface area contributed by atoms with E-state index in [4.69, 9.17) is 9.15 Å². The lowest BCUT2D eigenvalue weighted by Gasteiger charge is -2.06. The van der Waals surface area contributed by atoms with Crippen molar-refractivity contribution < 1.29 is 13.9 Å². The second kappa shape index (κ2) is 8.34. The van der Waals surface area contributed by atoms with Crippen molar-refractivity contribution in [1.82, 2.24) is 10.3 Å². The minimum Gasteiger partial charge on any atom is -0.484 e. The molecule has 0 aliphatic rings. The summed E-state index contributed by atoms with van der Waals surface area (Å²) in [5.41, 5.74) is 2.99. The number of amides is 1. The monoisotopic (exact) mass is 350 g/mol. The van der Waals surface area contributed by atoms with Crippen LogP contribution in [0, 0.1) is 13.8 Å². The van der Waals surface area contributed by atoms with Crippen LogP contribution in [0.5, 0.6) is 5.75 Å². The van der Waals surface area contributed by atoms with E-state index in [1.807, 2.05) is 68.4 Å². The van der Waals surface area contributed by atoms with Crippen LogP contribution in [0.15, 0.2) is 59.0 Å². The number of ether oxygens (including phenoxy) is 1. The van der Waals surface area contributed by atoms with Crippen molar-refractivity contribution in [3.8, 4) is 17.2 Å². The van der Waals surface area contributed by atoms with Gasteiger partial charge in [0.15, 0.2) is 6.61 Å². The van der Waals surface area contributed by atoms with Gasteiger partial charge in [0, 0.05) is 18.5 Å². The SMILES string of the molecule is Cc1ccc(-c2nc(CCNC(=O)COc3ccccc3)c(C)o2)cc1. The summed E-state index contributed by atoms with van der Waals surface area (Å²) in [6, 6.07) is 17.3. The van der Waals surface area contributed by atoms with Crippen molar-refractivity contribution in [2.45, 2.75) is 20.3 Å². The largest absolute Gasteiger partial charge is 0.484 e. The van der Waals surface area contributed by atoms with Crippen LogP contribution < -0.4 is 10.1 Å². The van der Waals surface area contributed by atoms with Crippen LogP contribution in [0.4, 0.5) is 0 Å². The summed E-state index contributed by atoms with van der Waals surface area (Å²) in [6.45, 7) is 4.41. The van der Waals surface area contributed by atoms with E-state index in [0.717, 1.165) is 17.0 Å². The minimum atomic E-state index is -0.159. The Morgan fingerprint density at radius 3 is 2.54 bits per heavy atom. The van der Waals surface area contributed by atoms with Crippen molar-refractivity contribution in [1.29, 1.82) is 0 Å². The Labute approximate surface area is 153 Å². The molecular weight excluding hydrogens is 328 g/mol. The number of carbonyl (C=O) groups excluding carboxylic acids is 1. The maximum absolute atomic E-state index is 11.9. The van der Waals surface area contributed by atoms with Gasteiger partial charge in [-0.1, -0.05) is 35.9 Å². The number of carbonyl (C=O) groups is 1. The molecule has 1 N–H and O–H groups in total. The Hall–Kier alpha value is -3.08. The third-order valence-corrected chi connectivity index (χ3v) is 3.99. The Morgan fingerprint density at radius 1 is 1.08 bits per heavy atom. The van der Waals surface area contributed by atoms with Crippen molar-refractivity contribution in [2.75, 3.05) is 13.2 Å². The highest BCUT2D eigenvalue weighted by molar-refractivity contribution is 5.77. The average molecular weight is 350 g/mol. The van der Waals surface area contributed by atoms with Crippen LogP contribution >= 0.6 is 0 Å². The van der Waals surface area contributed by atoms with Crippen LogP contribution in [0.1, 0.15) is 17.0 Å². The van der Waals surface area contributed by atoms with Gasteiger partial charge in [-0.3, -0.25) is 4.79 Å². The molecule has 0 aliphatic carbocycles. The smallest absolute Gasteiger partial charge is 0.257 e. The summed E-state index contributed by atoms with van der Waals surface area (Å²) in [6.07, 6.45) is 0.609. The van der Waals surface area contributed by atoms with E-state index in [0.29, 0.717) is 24.6 Å². The predicted octanol–water partition coefficient (Wildman–Crippen LogP) is 3.70. The zero-order chi connectivity index (χ0) is 18.4. The van der Waals surface area contributed by atoms with Crippen molar-refractivity contribution in [3.05, 3.63) is 71.6 Å². The first-order valence-corrected chi connectivity index (χ1v) is 8.60. The maximum Gasteiger partial charge on any atom is 0.257 e. The molecule has 0 saturated heterocycles. The van der Waals surface area contributed by atoms with Crippen LogP contribution in [0.2, 0.25) is 0 Å². The van der Waals surface area contributed by atoms with E-state index < -0.39 is 0 Å². The minimum absolute atomic E-state index is 0.00354. The molecule has 26 heavy (non-hydrogen) atoms. The first-order chi connectivity index (χ1) is 12.6. The summed E-state index contributed by atoms with van der Waals surface area (Å²) >= 11 is 0. The fraction of sp³-hybridized carbons (Fsp3) is 0.238. The molecule has 0 bridgehead atoms. The number of aryl methyl sites for hydroxylation is 2. The molecule has 0 fully saturated rings. The highest BCUT2D eigenvalue weighted by atomic mass is 16.5. The van der Waals surface area contributed by atoms with Gasteiger partial charge in [0.05, 0.1) is 5.69 Å². The molecule has 3 rings (SSSR count). The van der Waals surface area contributed by atoms with Gasteiger partial charge in [0.2, 0.25) is 5.89 Å². The molecule has 5 heteroatoms. The van der Waals surface area contributed by atoms with Gasteiger partial charge < -0.3 is 14.5 Å². The first-order valence-electron chi connectivity index (χ1n) is 8.60. The number of hydrogen-bond acceptors (Lipinski definition) is 4. The molecule has 0 spiro atoms. The van der Waals surface area contributed by atoms with E-state index in [9.17, 15) is 4.79 Å². The fourth-order valence-corrected chi connectivity index (χ4v) is 2.52. The molecule has 2 aromatic carbocycles.